The molecule has 4 heteroatoms. The van der Waals surface area contributed by atoms with Gasteiger partial charge in [0.15, 0.2) is 0 Å². The second-order valence-corrected chi connectivity index (χ2v) is 7.06. The van der Waals surface area contributed by atoms with E-state index in [0.29, 0.717) is 0 Å². The summed E-state index contributed by atoms with van der Waals surface area (Å²) in [5, 5.41) is 11.4. The van der Waals surface area contributed by atoms with E-state index in [4.69, 9.17) is 4.74 Å². The van der Waals surface area contributed by atoms with E-state index in [-0.39, 0.29) is 5.41 Å². The Morgan fingerprint density at radius 1 is 1.40 bits per heavy atom. The van der Waals surface area contributed by atoms with Crippen LogP contribution in [0.1, 0.15) is 27.7 Å². The molecule has 20 heavy (non-hydrogen) atoms. The molecule has 3 nitrogen and oxygen atoms in total. The number of aliphatic hydroxyl groups is 1. The molecular weight excluding hydrogens is 270 g/mol. The number of ether oxygens (including phenoxy) is 1. The van der Waals surface area contributed by atoms with Crippen LogP contribution in [0, 0.1) is 5.41 Å². The minimum Gasteiger partial charge on any atom is -0.497 e. The zero-order chi connectivity index (χ0) is 14.9. The average Bonchev–Trinajstić information content (AvgIpc) is 2.73. The van der Waals surface area contributed by atoms with Gasteiger partial charge < -0.3 is 14.7 Å². The van der Waals surface area contributed by atoms with Gasteiger partial charge in [-0.3, -0.25) is 0 Å². The third-order valence-corrected chi connectivity index (χ3v) is 4.57. The summed E-state index contributed by atoms with van der Waals surface area (Å²) in [5.41, 5.74) is 1.00. The SMILES string of the molecule is CCN1/C(=C/C(O)C(C)(C)C)Sc2ccc(OC)cc21. The Labute approximate surface area is 125 Å². The van der Waals surface area contributed by atoms with Gasteiger partial charge in [-0.05, 0) is 30.5 Å². The molecular formula is C16H23NO2S. The number of hydrogen-bond acceptors (Lipinski definition) is 4. The number of aliphatic hydroxyl groups excluding tert-OH is 1. The van der Waals surface area contributed by atoms with E-state index in [1.807, 2.05) is 32.9 Å². The lowest BCUT2D eigenvalue weighted by molar-refractivity contribution is 0.105. The maximum atomic E-state index is 10.3. The van der Waals surface area contributed by atoms with Crippen LogP contribution in [-0.4, -0.2) is 24.9 Å². The molecule has 0 radical (unpaired) electrons. The molecule has 1 aliphatic heterocycles. The molecule has 0 amide bonds. The van der Waals surface area contributed by atoms with E-state index < -0.39 is 6.10 Å². The number of anilines is 1. The van der Waals surface area contributed by atoms with E-state index in [2.05, 4.69) is 24.0 Å². The molecule has 0 aromatic heterocycles. The third-order valence-electron chi connectivity index (χ3n) is 3.44. The predicted molar refractivity (Wildman–Crippen MR) is 85.4 cm³/mol. The molecule has 0 fully saturated rings. The Bertz CT molecular complexity index is 520. The van der Waals surface area contributed by atoms with Gasteiger partial charge in [-0.1, -0.05) is 32.5 Å². The second kappa shape index (κ2) is 5.70. The Hall–Kier alpha value is -1.13. The average molecular weight is 293 g/mol. The van der Waals surface area contributed by atoms with Crippen LogP contribution in [0.2, 0.25) is 0 Å². The topological polar surface area (TPSA) is 32.7 Å². The molecule has 0 bridgehead atoms. The lowest BCUT2D eigenvalue weighted by Crippen LogP contribution is -2.26. The summed E-state index contributed by atoms with van der Waals surface area (Å²) < 4.78 is 5.30. The van der Waals surface area contributed by atoms with Crippen molar-refractivity contribution >= 4 is 17.4 Å². The standard InChI is InChI=1S/C16H23NO2S/c1-6-17-12-9-11(19-5)7-8-13(12)20-15(17)10-14(18)16(2,3)4/h7-10,14,18H,6H2,1-5H3/b15-10-. The molecule has 1 atom stereocenters. The van der Waals surface area contributed by atoms with Crippen LogP contribution in [0.15, 0.2) is 34.2 Å². The van der Waals surface area contributed by atoms with Crippen LogP contribution >= 0.6 is 11.8 Å². The first-order valence-corrected chi connectivity index (χ1v) is 7.71. The van der Waals surface area contributed by atoms with Crippen LogP contribution in [0.3, 0.4) is 0 Å². The molecule has 1 heterocycles. The predicted octanol–water partition coefficient (Wildman–Crippen LogP) is 3.88. The van der Waals surface area contributed by atoms with Gasteiger partial charge in [0.2, 0.25) is 0 Å². The number of nitrogens with zero attached hydrogens (tertiary/aromatic N) is 1. The van der Waals surface area contributed by atoms with E-state index in [1.165, 1.54) is 4.90 Å². The van der Waals surface area contributed by atoms with Gasteiger partial charge in [0.1, 0.15) is 5.75 Å². The van der Waals surface area contributed by atoms with Crippen LogP contribution in [0.4, 0.5) is 5.69 Å². The summed E-state index contributed by atoms with van der Waals surface area (Å²) in [6, 6.07) is 6.10. The van der Waals surface area contributed by atoms with Gasteiger partial charge >= 0.3 is 0 Å². The van der Waals surface area contributed by atoms with Crippen molar-refractivity contribution in [1.29, 1.82) is 0 Å². The summed E-state index contributed by atoms with van der Waals surface area (Å²) in [5.74, 6) is 0.861. The second-order valence-electron chi connectivity index (χ2n) is 6.00. The number of benzene rings is 1. The van der Waals surface area contributed by atoms with Crippen molar-refractivity contribution in [3.8, 4) is 5.75 Å². The molecule has 1 aromatic carbocycles. The van der Waals surface area contributed by atoms with Crippen molar-refractivity contribution in [2.75, 3.05) is 18.6 Å². The Balaban J connectivity index is 2.34. The summed E-state index contributed by atoms with van der Waals surface area (Å²) in [4.78, 5) is 3.43. The van der Waals surface area contributed by atoms with Crippen LogP contribution in [0.5, 0.6) is 5.75 Å². The highest BCUT2D eigenvalue weighted by Gasteiger charge is 2.28. The number of methoxy groups -OCH3 is 1. The van der Waals surface area contributed by atoms with Gasteiger partial charge in [-0.25, -0.2) is 0 Å². The molecule has 0 saturated heterocycles. The van der Waals surface area contributed by atoms with Gasteiger partial charge in [0, 0.05) is 17.5 Å². The van der Waals surface area contributed by atoms with E-state index >= 15 is 0 Å². The highest BCUT2D eigenvalue weighted by molar-refractivity contribution is 8.03. The fourth-order valence-electron chi connectivity index (χ4n) is 2.04. The van der Waals surface area contributed by atoms with Crippen molar-refractivity contribution in [3.05, 3.63) is 29.3 Å². The van der Waals surface area contributed by atoms with Crippen LogP contribution < -0.4 is 9.64 Å². The fraction of sp³-hybridized carbons (Fsp3) is 0.500. The van der Waals surface area contributed by atoms with Crippen molar-refractivity contribution in [3.63, 3.8) is 0 Å². The van der Waals surface area contributed by atoms with Crippen molar-refractivity contribution in [1.82, 2.24) is 0 Å². The lowest BCUT2D eigenvalue weighted by Gasteiger charge is -2.25. The molecule has 0 aliphatic carbocycles. The lowest BCUT2D eigenvalue weighted by atomic mass is 9.89. The Morgan fingerprint density at radius 3 is 2.65 bits per heavy atom. The van der Waals surface area contributed by atoms with Gasteiger partial charge in [-0.2, -0.15) is 0 Å². The van der Waals surface area contributed by atoms with E-state index in [1.54, 1.807) is 18.9 Å². The molecule has 0 saturated carbocycles. The van der Waals surface area contributed by atoms with E-state index in [0.717, 1.165) is 23.0 Å². The Morgan fingerprint density at radius 2 is 2.10 bits per heavy atom. The monoisotopic (exact) mass is 293 g/mol. The van der Waals surface area contributed by atoms with Crippen LogP contribution in [0.25, 0.3) is 0 Å². The number of fused-ring (bicyclic) bond motifs is 1. The third kappa shape index (κ3) is 2.96. The quantitative estimate of drug-likeness (QED) is 0.917. The van der Waals surface area contributed by atoms with Crippen molar-refractivity contribution in [2.24, 2.45) is 5.41 Å². The first kappa shape index (κ1) is 15.3. The first-order chi connectivity index (χ1) is 9.36. The summed E-state index contributed by atoms with van der Waals surface area (Å²) in [6.45, 7) is 9.12. The number of hydrogen-bond donors (Lipinski definition) is 1. The van der Waals surface area contributed by atoms with E-state index in [9.17, 15) is 5.11 Å². The highest BCUT2D eigenvalue weighted by atomic mass is 32.2. The Kier molecular flexibility index (Phi) is 4.35. The summed E-state index contributed by atoms with van der Waals surface area (Å²) in [7, 11) is 1.68. The van der Waals surface area contributed by atoms with Gasteiger partial charge in [-0.15, -0.1) is 0 Å². The molecule has 1 unspecified atom stereocenters. The fourth-order valence-corrected chi connectivity index (χ4v) is 3.21. The zero-order valence-corrected chi connectivity index (χ0v) is 13.6. The normalized spacial score (nSPS) is 18.3. The minimum atomic E-state index is -0.463. The largest absolute Gasteiger partial charge is 0.497 e. The minimum absolute atomic E-state index is 0.153. The first-order valence-electron chi connectivity index (χ1n) is 6.90. The van der Waals surface area contributed by atoms with Crippen molar-refractivity contribution < 1.29 is 9.84 Å². The summed E-state index contributed by atoms with van der Waals surface area (Å²) in [6.07, 6.45) is 1.50. The zero-order valence-electron chi connectivity index (χ0n) is 12.8. The number of thioether (sulfide) groups is 1. The maximum absolute atomic E-state index is 10.3. The van der Waals surface area contributed by atoms with Crippen LogP contribution in [-0.2, 0) is 0 Å². The van der Waals surface area contributed by atoms with Gasteiger partial charge in [0.05, 0.1) is 23.9 Å². The molecule has 1 aliphatic rings. The maximum Gasteiger partial charge on any atom is 0.121 e. The molecule has 2 rings (SSSR count). The molecule has 0 spiro atoms. The smallest absolute Gasteiger partial charge is 0.121 e. The molecule has 110 valence electrons. The molecule has 1 N–H and O–H groups in total. The number of rotatable bonds is 3. The van der Waals surface area contributed by atoms with Gasteiger partial charge in [0.25, 0.3) is 0 Å². The summed E-state index contributed by atoms with van der Waals surface area (Å²) >= 11 is 1.70. The van der Waals surface area contributed by atoms with Crippen molar-refractivity contribution in [2.45, 2.75) is 38.7 Å². The highest BCUT2D eigenvalue weighted by Crippen LogP contribution is 2.47. The molecule has 1 aromatic rings.